The molecule has 4 N–H and O–H groups in total. The maximum Gasteiger partial charge on any atom is 0.160 e. The van der Waals surface area contributed by atoms with Crippen molar-refractivity contribution >= 4 is 5.78 Å². The molecule has 0 rings (SSSR count). The summed E-state index contributed by atoms with van der Waals surface area (Å²) in [5.74, 6) is -0.430. The lowest BCUT2D eigenvalue weighted by molar-refractivity contribution is -0.130. The second-order valence-corrected chi connectivity index (χ2v) is 2.20. The van der Waals surface area contributed by atoms with Crippen LogP contribution in [0.25, 0.3) is 0 Å². The van der Waals surface area contributed by atoms with E-state index in [0.29, 0.717) is 0 Å². The van der Waals surface area contributed by atoms with Crippen molar-refractivity contribution in [1.82, 2.24) is 0 Å². The number of carbonyl (C=O) groups excluding carboxylic acids is 1. The molecule has 0 amide bonds. The van der Waals surface area contributed by atoms with Crippen LogP contribution in [0.4, 0.5) is 0 Å². The first-order valence-electron chi connectivity index (χ1n) is 4.16. The van der Waals surface area contributed by atoms with Crippen LogP contribution in [-0.2, 0) is 4.79 Å². The zero-order valence-corrected chi connectivity index (χ0v) is 7.95. The number of ketones is 1. The van der Waals surface area contributed by atoms with Gasteiger partial charge in [-0.05, 0) is 19.9 Å². The standard InChI is InChI=1S/C6H13NO3.C2H6/c1-4(8)6(10)5(9)2-3-7;1-2/h5-6,9-10H,2-3,7H2,1H3;1-2H3. The van der Waals surface area contributed by atoms with Gasteiger partial charge in [0.1, 0.15) is 6.10 Å². The Morgan fingerprint density at radius 2 is 1.83 bits per heavy atom. The third-order valence-electron chi connectivity index (χ3n) is 1.24. The molecule has 0 fully saturated rings. The Morgan fingerprint density at radius 3 is 2.08 bits per heavy atom. The molecule has 0 saturated carbocycles. The highest BCUT2D eigenvalue weighted by molar-refractivity contribution is 5.80. The zero-order chi connectivity index (χ0) is 10.1. The molecule has 4 nitrogen and oxygen atoms in total. The van der Waals surface area contributed by atoms with Crippen LogP contribution >= 0.6 is 0 Å². The van der Waals surface area contributed by atoms with Crippen LogP contribution in [0.5, 0.6) is 0 Å². The molecule has 0 bridgehead atoms. The Bertz CT molecular complexity index is 117. The van der Waals surface area contributed by atoms with E-state index in [4.69, 9.17) is 15.9 Å². The van der Waals surface area contributed by atoms with Crippen molar-refractivity contribution in [3.05, 3.63) is 0 Å². The Labute approximate surface area is 73.4 Å². The van der Waals surface area contributed by atoms with Crippen molar-refractivity contribution in [2.75, 3.05) is 6.54 Å². The topological polar surface area (TPSA) is 83.5 Å². The maximum absolute atomic E-state index is 10.4. The van der Waals surface area contributed by atoms with Crippen LogP contribution in [0.2, 0.25) is 0 Å². The van der Waals surface area contributed by atoms with E-state index in [9.17, 15) is 4.79 Å². The molecule has 2 atom stereocenters. The number of aliphatic hydroxyl groups excluding tert-OH is 2. The van der Waals surface area contributed by atoms with Crippen molar-refractivity contribution in [3.63, 3.8) is 0 Å². The zero-order valence-electron chi connectivity index (χ0n) is 7.95. The molecule has 0 aliphatic rings. The minimum Gasteiger partial charge on any atom is -0.390 e. The van der Waals surface area contributed by atoms with Crippen molar-refractivity contribution in [2.45, 2.75) is 39.4 Å². The fourth-order valence-electron chi connectivity index (χ4n) is 0.600. The Balaban J connectivity index is 0. The summed E-state index contributed by atoms with van der Waals surface area (Å²) in [6, 6.07) is 0. The molecule has 0 aliphatic heterocycles. The third kappa shape index (κ3) is 6.27. The van der Waals surface area contributed by atoms with E-state index in [1.807, 2.05) is 13.8 Å². The second kappa shape index (κ2) is 8.64. The average Bonchev–Trinajstić information content (AvgIpc) is 2.07. The molecule has 4 heteroatoms. The maximum atomic E-state index is 10.4. The fraction of sp³-hybridized carbons (Fsp3) is 0.875. The number of nitrogens with two attached hydrogens (primary N) is 1. The van der Waals surface area contributed by atoms with Gasteiger partial charge in [0.2, 0.25) is 0 Å². The van der Waals surface area contributed by atoms with E-state index < -0.39 is 18.0 Å². The number of aliphatic hydroxyl groups is 2. The molecule has 2 unspecified atom stereocenters. The molecule has 0 aromatic rings. The lowest BCUT2D eigenvalue weighted by atomic mass is 10.1. The SMILES string of the molecule is CC.CC(=O)C(O)C(O)CCN. The number of rotatable bonds is 4. The summed E-state index contributed by atoms with van der Waals surface area (Å²) in [7, 11) is 0. The van der Waals surface area contributed by atoms with Gasteiger partial charge in [-0.25, -0.2) is 0 Å². The van der Waals surface area contributed by atoms with Gasteiger partial charge in [0.05, 0.1) is 6.10 Å². The molecule has 0 saturated heterocycles. The van der Waals surface area contributed by atoms with Gasteiger partial charge in [0, 0.05) is 0 Å². The van der Waals surface area contributed by atoms with E-state index in [2.05, 4.69) is 0 Å². The summed E-state index contributed by atoms with van der Waals surface area (Å²) in [4.78, 5) is 10.4. The quantitative estimate of drug-likeness (QED) is 0.549. The van der Waals surface area contributed by atoms with Gasteiger partial charge in [0.15, 0.2) is 5.78 Å². The summed E-state index contributed by atoms with van der Waals surface area (Å²) in [6.07, 6.45) is -2.04. The van der Waals surface area contributed by atoms with E-state index in [1.165, 1.54) is 6.92 Å². The molecular weight excluding hydrogens is 158 g/mol. The van der Waals surface area contributed by atoms with Gasteiger partial charge >= 0.3 is 0 Å². The summed E-state index contributed by atoms with van der Waals surface area (Å²) in [6.45, 7) is 5.50. The van der Waals surface area contributed by atoms with Crippen LogP contribution in [-0.4, -0.2) is 34.7 Å². The first kappa shape index (κ1) is 14.1. The van der Waals surface area contributed by atoms with Crippen LogP contribution in [0.3, 0.4) is 0 Å². The Kier molecular flexibility index (Phi) is 10.2. The van der Waals surface area contributed by atoms with E-state index >= 15 is 0 Å². The van der Waals surface area contributed by atoms with Gasteiger partial charge < -0.3 is 15.9 Å². The predicted molar refractivity (Wildman–Crippen MR) is 47.7 cm³/mol. The lowest BCUT2D eigenvalue weighted by Crippen LogP contribution is -2.33. The second-order valence-electron chi connectivity index (χ2n) is 2.20. The first-order valence-corrected chi connectivity index (χ1v) is 4.16. The molecule has 0 aromatic carbocycles. The monoisotopic (exact) mass is 177 g/mol. The van der Waals surface area contributed by atoms with Gasteiger partial charge in [-0.3, -0.25) is 4.79 Å². The molecule has 0 radical (unpaired) electrons. The van der Waals surface area contributed by atoms with Crippen molar-refractivity contribution in [3.8, 4) is 0 Å². The van der Waals surface area contributed by atoms with Crippen LogP contribution in [0, 0.1) is 0 Å². The van der Waals surface area contributed by atoms with Gasteiger partial charge in [-0.1, -0.05) is 13.8 Å². The largest absolute Gasteiger partial charge is 0.390 e. The van der Waals surface area contributed by atoms with Gasteiger partial charge in [0.25, 0.3) is 0 Å². The van der Waals surface area contributed by atoms with Crippen LogP contribution in [0.15, 0.2) is 0 Å². The number of Topliss-reactive ketones (excluding diaryl/α,β-unsaturated/α-hetero) is 1. The molecule has 0 aromatic heterocycles. The average molecular weight is 177 g/mol. The van der Waals surface area contributed by atoms with Crippen molar-refractivity contribution < 1.29 is 15.0 Å². The normalized spacial score (nSPS) is 14.2. The van der Waals surface area contributed by atoms with Crippen LogP contribution in [0.1, 0.15) is 27.2 Å². The Hall–Kier alpha value is -0.450. The van der Waals surface area contributed by atoms with E-state index in [0.717, 1.165) is 0 Å². The van der Waals surface area contributed by atoms with Crippen molar-refractivity contribution in [2.24, 2.45) is 5.73 Å². The molecule has 12 heavy (non-hydrogen) atoms. The highest BCUT2D eigenvalue weighted by atomic mass is 16.3. The predicted octanol–water partition coefficient (Wildman–Crippen LogP) is -0.328. The van der Waals surface area contributed by atoms with E-state index in [1.54, 1.807) is 0 Å². The summed E-state index contributed by atoms with van der Waals surface area (Å²) < 4.78 is 0. The smallest absolute Gasteiger partial charge is 0.160 e. The van der Waals surface area contributed by atoms with Crippen molar-refractivity contribution in [1.29, 1.82) is 0 Å². The molecular formula is C8H19NO3. The number of carbonyl (C=O) groups is 1. The minimum absolute atomic E-state index is 0.251. The third-order valence-corrected chi connectivity index (χ3v) is 1.24. The highest BCUT2D eigenvalue weighted by Crippen LogP contribution is 1.97. The highest BCUT2D eigenvalue weighted by Gasteiger charge is 2.18. The molecule has 0 heterocycles. The fourth-order valence-corrected chi connectivity index (χ4v) is 0.600. The summed E-state index contributed by atoms with van der Waals surface area (Å²) in [5.41, 5.74) is 5.08. The molecule has 0 aliphatic carbocycles. The molecule has 74 valence electrons. The van der Waals surface area contributed by atoms with Crippen LogP contribution < -0.4 is 5.73 Å². The molecule has 0 spiro atoms. The minimum atomic E-state index is -1.27. The number of hydrogen-bond donors (Lipinski definition) is 3. The summed E-state index contributed by atoms with van der Waals surface area (Å²) in [5, 5.41) is 17.8. The lowest BCUT2D eigenvalue weighted by Gasteiger charge is -2.12. The Morgan fingerprint density at radius 1 is 1.42 bits per heavy atom. The number of hydrogen-bond acceptors (Lipinski definition) is 4. The van der Waals surface area contributed by atoms with Gasteiger partial charge in [-0.2, -0.15) is 0 Å². The first-order chi connectivity index (χ1) is 5.59. The van der Waals surface area contributed by atoms with E-state index in [-0.39, 0.29) is 13.0 Å². The van der Waals surface area contributed by atoms with Gasteiger partial charge in [-0.15, -0.1) is 0 Å². The summed E-state index contributed by atoms with van der Waals surface area (Å²) >= 11 is 0.